The van der Waals surface area contributed by atoms with Gasteiger partial charge in [-0.1, -0.05) is 24.4 Å². The minimum atomic E-state index is -0.193. The Labute approximate surface area is 116 Å². The second-order valence-corrected chi connectivity index (χ2v) is 4.64. The Kier molecular flexibility index (Phi) is 3.62. The number of hydrogen-bond donors (Lipinski definition) is 3. The first-order chi connectivity index (χ1) is 8.99. The van der Waals surface area contributed by atoms with Gasteiger partial charge in [0, 0.05) is 11.1 Å². The van der Waals surface area contributed by atoms with Crippen molar-refractivity contribution in [3.8, 4) is 0 Å². The number of carbonyl (C=O) groups is 1. The molecule has 0 aliphatic carbocycles. The molecule has 0 bridgehead atoms. The summed E-state index contributed by atoms with van der Waals surface area (Å²) in [5.41, 5.74) is 9.08. The third kappa shape index (κ3) is 2.79. The first-order valence-corrected chi connectivity index (χ1v) is 6.12. The van der Waals surface area contributed by atoms with E-state index in [0.717, 1.165) is 17.0 Å². The standard InChI is InChI=1S/C13H14N4OS/c1-7-11(8(2)17-16-7)15-13(18)10-5-3-9(4-6-10)12(14)19/h3-6H,1-2H3,(H2,14,19)(H,15,18)(H,16,17). The van der Waals surface area contributed by atoms with E-state index >= 15 is 0 Å². The molecule has 6 heteroatoms. The maximum atomic E-state index is 12.1. The molecule has 0 spiro atoms. The summed E-state index contributed by atoms with van der Waals surface area (Å²) in [6, 6.07) is 6.84. The lowest BCUT2D eigenvalue weighted by Gasteiger charge is -2.06. The van der Waals surface area contributed by atoms with Gasteiger partial charge < -0.3 is 11.1 Å². The van der Waals surface area contributed by atoms with E-state index in [9.17, 15) is 4.79 Å². The monoisotopic (exact) mass is 274 g/mol. The van der Waals surface area contributed by atoms with Crippen LogP contribution in [0.1, 0.15) is 27.3 Å². The Morgan fingerprint density at radius 3 is 2.32 bits per heavy atom. The van der Waals surface area contributed by atoms with Crippen molar-refractivity contribution < 1.29 is 4.79 Å². The Morgan fingerprint density at radius 2 is 1.84 bits per heavy atom. The summed E-state index contributed by atoms with van der Waals surface area (Å²) in [7, 11) is 0. The highest BCUT2D eigenvalue weighted by Gasteiger charge is 2.11. The first kappa shape index (κ1) is 13.2. The van der Waals surface area contributed by atoms with E-state index < -0.39 is 0 Å². The quantitative estimate of drug-likeness (QED) is 0.747. The Bertz CT molecular complexity index is 611. The topological polar surface area (TPSA) is 83.8 Å². The summed E-state index contributed by atoms with van der Waals surface area (Å²) >= 11 is 4.86. The SMILES string of the molecule is Cc1n[nH]c(C)c1NC(=O)c1ccc(C(N)=S)cc1. The van der Waals surface area contributed by atoms with Crippen LogP contribution in [-0.4, -0.2) is 21.1 Å². The molecule has 0 unspecified atom stereocenters. The largest absolute Gasteiger partial charge is 0.389 e. The van der Waals surface area contributed by atoms with Gasteiger partial charge in [0.2, 0.25) is 0 Å². The van der Waals surface area contributed by atoms with Crippen LogP contribution in [0.2, 0.25) is 0 Å². The molecule has 98 valence electrons. The summed E-state index contributed by atoms with van der Waals surface area (Å²) in [5.74, 6) is -0.193. The summed E-state index contributed by atoms with van der Waals surface area (Å²) in [4.78, 5) is 12.4. The Balaban J connectivity index is 2.18. The van der Waals surface area contributed by atoms with E-state index in [0.29, 0.717) is 16.2 Å². The molecule has 0 aliphatic rings. The summed E-state index contributed by atoms with van der Waals surface area (Å²) in [6.07, 6.45) is 0. The van der Waals surface area contributed by atoms with Gasteiger partial charge in [0.1, 0.15) is 4.99 Å². The van der Waals surface area contributed by atoms with Gasteiger partial charge >= 0.3 is 0 Å². The highest BCUT2D eigenvalue weighted by molar-refractivity contribution is 7.80. The molecule has 0 atom stereocenters. The predicted octanol–water partition coefficient (Wildman–Crippen LogP) is 1.91. The number of carbonyl (C=O) groups excluding carboxylic acids is 1. The van der Waals surface area contributed by atoms with Crippen molar-refractivity contribution >= 4 is 28.8 Å². The van der Waals surface area contributed by atoms with Crippen LogP contribution in [0, 0.1) is 13.8 Å². The van der Waals surface area contributed by atoms with Crippen LogP contribution < -0.4 is 11.1 Å². The van der Waals surface area contributed by atoms with Crippen LogP contribution >= 0.6 is 12.2 Å². The van der Waals surface area contributed by atoms with E-state index in [1.807, 2.05) is 13.8 Å². The van der Waals surface area contributed by atoms with Crippen molar-refractivity contribution in [2.45, 2.75) is 13.8 Å². The van der Waals surface area contributed by atoms with E-state index in [1.54, 1.807) is 24.3 Å². The van der Waals surface area contributed by atoms with E-state index in [4.69, 9.17) is 18.0 Å². The molecule has 1 aromatic carbocycles. The molecule has 0 saturated heterocycles. The number of aromatic nitrogens is 2. The van der Waals surface area contributed by atoms with Crippen molar-refractivity contribution in [1.29, 1.82) is 0 Å². The zero-order chi connectivity index (χ0) is 14.0. The van der Waals surface area contributed by atoms with Gasteiger partial charge in [0.25, 0.3) is 5.91 Å². The predicted molar refractivity (Wildman–Crippen MR) is 78.3 cm³/mol. The number of benzene rings is 1. The molecular weight excluding hydrogens is 260 g/mol. The summed E-state index contributed by atoms with van der Waals surface area (Å²) in [6.45, 7) is 3.68. The minimum Gasteiger partial charge on any atom is -0.389 e. The molecule has 0 radical (unpaired) electrons. The highest BCUT2D eigenvalue weighted by Crippen LogP contribution is 2.17. The van der Waals surface area contributed by atoms with Crippen molar-refractivity contribution in [3.63, 3.8) is 0 Å². The third-order valence-electron chi connectivity index (χ3n) is 2.80. The lowest BCUT2D eigenvalue weighted by Crippen LogP contribution is -2.14. The summed E-state index contributed by atoms with van der Waals surface area (Å²) in [5, 5.41) is 9.67. The zero-order valence-electron chi connectivity index (χ0n) is 10.7. The van der Waals surface area contributed by atoms with Gasteiger partial charge in [-0.05, 0) is 26.0 Å². The Morgan fingerprint density at radius 1 is 1.26 bits per heavy atom. The third-order valence-corrected chi connectivity index (χ3v) is 3.03. The number of amides is 1. The van der Waals surface area contributed by atoms with Crippen LogP contribution in [0.3, 0.4) is 0 Å². The molecule has 0 aliphatic heterocycles. The number of anilines is 1. The second kappa shape index (κ2) is 5.19. The molecule has 1 amide bonds. The number of rotatable bonds is 3. The lowest BCUT2D eigenvalue weighted by molar-refractivity contribution is 0.102. The average Bonchev–Trinajstić information content (AvgIpc) is 2.70. The van der Waals surface area contributed by atoms with Crippen LogP contribution in [0.25, 0.3) is 0 Å². The first-order valence-electron chi connectivity index (χ1n) is 5.72. The number of hydrogen-bond acceptors (Lipinski definition) is 3. The normalized spacial score (nSPS) is 10.2. The van der Waals surface area contributed by atoms with Gasteiger partial charge in [-0.2, -0.15) is 5.10 Å². The van der Waals surface area contributed by atoms with Crippen molar-refractivity contribution in [1.82, 2.24) is 10.2 Å². The van der Waals surface area contributed by atoms with Crippen molar-refractivity contribution in [2.75, 3.05) is 5.32 Å². The number of thiocarbonyl (C=S) groups is 1. The highest BCUT2D eigenvalue weighted by atomic mass is 32.1. The van der Waals surface area contributed by atoms with E-state index in [1.165, 1.54) is 0 Å². The van der Waals surface area contributed by atoms with E-state index in [2.05, 4.69) is 15.5 Å². The number of H-pyrrole nitrogens is 1. The van der Waals surface area contributed by atoms with Crippen molar-refractivity contribution in [2.24, 2.45) is 5.73 Å². The maximum absolute atomic E-state index is 12.1. The molecule has 0 fully saturated rings. The average molecular weight is 274 g/mol. The number of nitrogens with two attached hydrogens (primary N) is 1. The van der Waals surface area contributed by atoms with Crippen LogP contribution in [-0.2, 0) is 0 Å². The molecule has 0 saturated carbocycles. The molecule has 1 heterocycles. The fourth-order valence-corrected chi connectivity index (χ4v) is 1.84. The number of nitrogens with zero attached hydrogens (tertiary/aromatic N) is 1. The second-order valence-electron chi connectivity index (χ2n) is 4.20. The molecular formula is C13H14N4OS. The Hall–Kier alpha value is -2.21. The zero-order valence-corrected chi connectivity index (χ0v) is 11.5. The van der Waals surface area contributed by atoms with Gasteiger partial charge in [-0.3, -0.25) is 9.89 Å². The van der Waals surface area contributed by atoms with Gasteiger partial charge in [0.05, 0.1) is 17.1 Å². The molecule has 2 rings (SSSR count). The number of aromatic amines is 1. The van der Waals surface area contributed by atoms with Crippen LogP contribution in [0.15, 0.2) is 24.3 Å². The lowest BCUT2D eigenvalue weighted by atomic mass is 10.1. The number of nitrogens with one attached hydrogen (secondary N) is 2. The smallest absolute Gasteiger partial charge is 0.255 e. The molecule has 5 nitrogen and oxygen atoms in total. The molecule has 1 aromatic heterocycles. The number of aryl methyl sites for hydroxylation is 2. The molecule has 4 N–H and O–H groups in total. The minimum absolute atomic E-state index is 0.193. The van der Waals surface area contributed by atoms with Gasteiger partial charge in [-0.25, -0.2) is 0 Å². The van der Waals surface area contributed by atoms with Crippen molar-refractivity contribution in [3.05, 3.63) is 46.8 Å². The summed E-state index contributed by atoms with van der Waals surface area (Å²) < 4.78 is 0. The fourth-order valence-electron chi connectivity index (χ4n) is 1.71. The van der Waals surface area contributed by atoms with Gasteiger partial charge in [0.15, 0.2) is 0 Å². The van der Waals surface area contributed by atoms with Gasteiger partial charge in [-0.15, -0.1) is 0 Å². The van der Waals surface area contributed by atoms with E-state index in [-0.39, 0.29) is 5.91 Å². The van der Waals surface area contributed by atoms with Crippen LogP contribution in [0.5, 0.6) is 0 Å². The maximum Gasteiger partial charge on any atom is 0.255 e. The van der Waals surface area contributed by atoms with Crippen LogP contribution in [0.4, 0.5) is 5.69 Å². The molecule has 19 heavy (non-hydrogen) atoms. The fraction of sp³-hybridized carbons (Fsp3) is 0.154. The molecule has 2 aromatic rings.